The van der Waals surface area contributed by atoms with E-state index in [0.29, 0.717) is 28.5 Å². The highest BCUT2D eigenvalue weighted by Crippen LogP contribution is 2.23. The van der Waals surface area contributed by atoms with Gasteiger partial charge in [-0.15, -0.1) is 17.9 Å². The highest BCUT2D eigenvalue weighted by Gasteiger charge is 2.14. The van der Waals surface area contributed by atoms with Crippen molar-refractivity contribution >= 4 is 55.0 Å². The van der Waals surface area contributed by atoms with Crippen LogP contribution in [0.3, 0.4) is 0 Å². The SMILES string of the molecule is C=CCn1c(=NC(=O)c2nc3ccccc3s2)sc2cc(C(=O)OCC)ccc21. The van der Waals surface area contributed by atoms with Crippen LogP contribution in [0.15, 0.2) is 60.1 Å². The second kappa shape index (κ2) is 8.10. The fourth-order valence-corrected chi connectivity index (χ4v) is 4.83. The van der Waals surface area contributed by atoms with Crippen molar-refractivity contribution in [2.75, 3.05) is 6.61 Å². The summed E-state index contributed by atoms with van der Waals surface area (Å²) in [7, 11) is 0. The lowest BCUT2D eigenvalue weighted by molar-refractivity contribution is 0.0526. The van der Waals surface area contributed by atoms with Crippen molar-refractivity contribution < 1.29 is 14.3 Å². The minimum absolute atomic E-state index is 0.315. The van der Waals surface area contributed by atoms with Gasteiger partial charge in [-0.25, -0.2) is 9.78 Å². The van der Waals surface area contributed by atoms with E-state index in [4.69, 9.17) is 4.74 Å². The summed E-state index contributed by atoms with van der Waals surface area (Å²) in [6.45, 7) is 6.37. The van der Waals surface area contributed by atoms with Crippen molar-refractivity contribution in [3.05, 3.63) is 70.5 Å². The minimum atomic E-state index is -0.388. The van der Waals surface area contributed by atoms with Crippen molar-refractivity contribution in [1.29, 1.82) is 0 Å². The molecule has 0 N–H and O–H groups in total. The maximum absolute atomic E-state index is 12.8. The van der Waals surface area contributed by atoms with E-state index in [-0.39, 0.29) is 11.9 Å². The third-order valence-electron chi connectivity index (χ3n) is 4.18. The molecule has 0 aliphatic carbocycles. The zero-order valence-electron chi connectivity index (χ0n) is 15.6. The number of rotatable bonds is 5. The van der Waals surface area contributed by atoms with Gasteiger partial charge in [-0.1, -0.05) is 29.5 Å². The quantitative estimate of drug-likeness (QED) is 0.352. The van der Waals surface area contributed by atoms with Gasteiger partial charge < -0.3 is 9.30 Å². The molecule has 4 rings (SSSR count). The van der Waals surface area contributed by atoms with Gasteiger partial charge in [0.25, 0.3) is 0 Å². The van der Waals surface area contributed by atoms with Gasteiger partial charge in [0.1, 0.15) is 0 Å². The van der Waals surface area contributed by atoms with E-state index in [2.05, 4.69) is 16.6 Å². The van der Waals surface area contributed by atoms with Crippen LogP contribution in [0.4, 0.5) is 0 Å². The number of nitrogens with zero attached hydrogens (tertiary/aromatic N) is 3. The number of carbonyl (C=O) groups excluding carboxylic acids is 2. The maximum Gasteiger partial charge on any atom is 0.338 e. The van der Waals surface area contributed by atoms with Gasteiger partial charge in [0.15, 0.2) is 9.81 Å². The highest BCUT2D eigenvalue weighted by molar-refractivity contribution is 7.20. The molecule has 146 valence electrons. The van der Waals surface area contributed by atoms with Gasteiger partial charge >= 0.3 is 11.9 Å². The van der Waals surface area contributed by atoms with Crippen LogP contribution >= 0.6 is 22.7 Å². The van der Waals surface area contributed by atoms with Crippen molar-refractivity contribution in [2.24, 2.45) is 4.99 Å². The van der Waals surface area contributed by atoms with Gasteiger partial charge in [-0.2, -0.15) is 4.99 Å². The Kier molecular flexibility index (Phi) is 5.37. The van der Waals surface area contributed by atoms with Crippen molar-refractivity contribution in [3.8, 4) is 0 Å². The minimum Gasteiger partial charge on any atom is -0.462 e. The monoisotopic (exact) mass is 423 g/mol. The summed E-state index contributed by atoms with van der Waals surface area (Å²) in [6, 6.07) is 12.9. The average molecular weight is 424 g/mol. The Labute approximate surface area is 174 Å². The first-order chi connectivity index (χ1) is 14.1. The van der Waals surface area contributed by atoms with Crippen LogP contribution in [0.25, 0.3) is 20.4 Å². The molecule has 4 aromatic rings. The number of para-hydroxylation sites is 1. The van der Waals surface area contributed by atoms with Gasteiger partial charge in [0, 0.05) is 6.54 Å². The predicted octanol–water partition coefficient (Wildman–Crippen LogP) is 4.42. The van der Waals surface area contributed by atoms with Crippen LogP contribution in [0.1, 0.15) is 27.1 Å². The van der Waals surface area contributed by atoms with Gasteiger partial charge in [0.2, 0.25) is 0 Å². The zero-order valence-corrected chi connectivity index (χ0v) is 17.3. The Bertz CT molecular complexity index is 1280. The molecule has 0 saturated heterocycles. The topological polar surface area (TPSA) is 73.5 Å². The normalized spacial score (nSPS) is 11.8. The van der Waals surface area contributed by atoms with E-state index in [1.54, 1.807) is 25.1 Å². The standard InChI is InChI=1S/C21H17N3O3S2/c1-3-11-24-15-10-9-13(20(26)27-4-2)12-17(15)29-21(24)23-18(25)19-22-14-7-5-6-8-16(14)28-19/h3,5-10,12H,1,4,11H2,2H3. The number of allylic oxidation sites excluding steroid dienone is 1. The third-order valence-corrected chi connectivity index (χ3v) is 6.25. The Morgan fingerprint density at radius 1 is 1.21 bits per heavy atom. The number of esters is 1. The van der Waals surface area contributed by atoms with Crippen LogP contribution in [0.2, 0.25) is 0 Å². The summed E-state index contributed by atoms with van der Waals surface area (Å²) < 4.78 is 8.75. The predicted molar refractivity (Wildman–Crippen MR) is 115 cm³/mol. The lowest BCUT2D eigenvalue weighted by Gasteiger charge is -2.03. The molecule has 0 atom stereocenters. The molecule has 1 amide bonds. The summed E-state index contributed by atoms with van der Waals surface area (Å²) in [5.74, 6) is -0.761. The first-order valence-corrected chi connectivity index (χ1v) is 10.6. The summed E-state index contributed by atoms with van der Waals surface area (Å²) in [6.07, 6.45) is 1.74. The maximum atomic E-state index is 12.8. The number of ether oxygens (including phenoxy) is 1. The summed E-state index contributed by atoms with van der Waals surface area (Å²) >= 11 is 2.66. The van der Waals surface area contributed by atoms with Gasteiger partial charge in [-0.05, 0) is 37.3 Å². The lowest BCUT2D eigenvalue weighted by atomic mass is 10.2. The van der Waals surface area contributed by atoms with Gasteiger partial charge in [0.05, 0.1) is 32.6 Å². The number of aromatic nitrogens is 2. The number of fused-ring (bicyclic) bond motifs is 2. The van der Waals surface area contributed by atoms with Crippen LogP contribution < -0.4 is 4.80 Å². The summed E-state index contributed by atoms with van der Waals surface area (Å²) in [5, 5.41) is 0.348. The number of benzene rings is 2. The van der Waals surface area contributed by atoms with Crippen LogP contribution in [-0.4, -0.2) is 28.0 Å². The molecular weight excluding hydrogens is 406 g/mol. The van der Waals surface area contributed by atoms with Crippen molar-refractivity contribution in [2.45, 2.75) is 13.5 Å². The second-order valence-electron chi connectivity index (χ2n) is 6.09. The van der Waals surface area contributed by atoms with E-state index in [9.17, 15) is 9.59 Å². The number of hydrogen-bond donors (Lipinski definition) is 0. The number of amides is 1. The molecule has 0 bridgehead atoms. The Morgan fingerprint density at radius 3 is 2.79 bits per heavy atom. The number of thiazole rings is 2. The van der Waals surface area contributed by atoms with E-state index in [1.807, 2.05) is 34.9 Å². The van der Waals surface area contributed by atoms with Crippen LogP contribution in [0.5, 0.6) is 0 Å². The molecule has 6 nitrogen and oxygen atoms in total. The zero-order chi connectivity index (χ0) is 20.4. The third kappa shape index (κ3) is 3.76. The highest BCUT2D eigenvalue weighted by atomic mass is 32.1. The smallest absolute Gasteiger partial charge is 0.338 e. The number of hydrogen-bond acceptors (Lipinski definition) is 6. The lowest BCUT2D eigenvalue weighted by Crippen LogP contribution is -2.16. The first-order valence-electron chi connectivity index (χ1n) is 8.96. The number of carbonyl (C=O) groups is 2. The molecule has 2 aromatic carbocycles. The van der Waals surface area contributed by atoms with Crippen LogP contribution in [-0.2, 0) is 11.3 Å². The molecule has 8 heteroatoms. The Balaban J connectivity index is 1.80. The van der Waals surface area contributed by atoms with Crippen molar-refractivity contribution in [1.82, 2.24) is 9.55 Å². The molecule has 2 heterocycles. The molecule has 2 aromatic heterocycles. The Morgan fingerprint density at radius 2 is 2.03 bits per heavy atom. The van der Waals surface area contributed by atoms with E-state index < -0.39 is 0 Å². The largest absolute Gasteiger partial charge is 0.462 e. The second-order valence-corrected chi connectivity index (χ2v) is 8.13. The molecule has 0 aliphatic heterocycles. The molecule has 0 saturated carbocycles. The van der Waals surface area contributed by atoms with E-state index in [1.165, 1.54) is 22.7 Å². The van der Waals surface area contributed by atoms with E-state index >= 15 is 0 Å². The van der Waals surface area contributed by atoms with Crippen molar-refractivity contribution in [3.63, 3.8) is 0 Å². The van der Waals surface area contributed by atoms with E-state index in [0.717, 1.165) is 20.4 Å². The molecule has 0 fully saturated rings. The first kappa shape index (κ1) is 19.2. The molecule has 29 heavy (non-hydrogen) atoms. The fraction of sp³-hybridized carbons (Fsp3) is 0.143. The fourth-order valence-electron chi connectivity index (χ4n) is 2.90. The van der Waals surface area contributed by atoms with Crippen LogP contribution in [0, 0.1) is 0 Å². The molecule has 0 unspecified atom stereocenters. The summed E-state index contributed by atoms with van der Waals surface area (Å²) in [4.78, 5) is 34.0. The summed E-state index contributed by atoms with van der Waals surface area (Å²) in [5.41, 5.74) is 2.12. The molecule has 0 radical (unpaired) electrons. The average Bonchev–Trinajstić information content (AvgIpc) is 3.30. The van der Waals surface area contributed by atoms with Gasteiger partial charge in [-0.3, -0.25) is 4.79 Å². The Hall–Kier alpha value is -3.10. The molecule has 0 spiro atoms. The molecular formula is C21H17N3O3S2. The molecule has 0 aliphatic rings.